The lowest BCUT2D eigenvalue weighted by Crippen LogP contribution is -2.21. The van der Waals surface area contributed by atoms with E-state index < -0.39 is 16.6 Å². The monoisotopic (exact) mass is 639 g/mol. The Morgan fingerprint density at radius 3 is 1.96 bits per heavy atom. The van der Waals surface area contributed by atoms with E-state index in [1.165, 1.54) is 12.5 Å². The summed E-state index contributed by atoms with van der Waals surface area (Å²) in [6.45, 7) is 24.8. The third-order valence-corrected chi connectivity index (χ3v) is 7.07. The molecule has 1 atom stereocenters. The largest absolute Gasteiger partial charge is 0.493 e. The Bertz CT molecular complexity index is 1340. The van der Waals surface area contributed by atoms with Crippen LogP contribution in [0, 0.1) is 13.8 Å². The van der Waals surface area contributed by atoms with Gasteiger partial charge in [-0.1, -0.05) is 92.1 Å². The maximum absolute atomic E-state index is 11.9. The molecule has 1 unspecified atom stereocenters. The van der Waals surface area contributed by atoms with Gasteiger partial charge in [0.25, 0.3) is 5.91 Å². The number of carbonyl (C=O) groups is 1. The molecule has 7 heteroatoms. The number of hydrogen-bond donors (Lipinski definition) is 2. The van der Waals surface area contributed by atoms with Crippen LogP contribution in [0.4, 0.5) is 0 Å². The second kappa shape index (κ2) is 22.1. The van der Waals surface area contributed by atoms with Gasteiger partial charge in [-0.2, -0.15) is 0 Å². The number of carbonyl (C=O) groups excluding carboxylic acids is 1. The minimum atomic E-state index is -1.51. The number of aliphatic hydroxyl groups is 1. The van der Waals surface area contributed by atoms with E-state index in [0.29, 0.717) is 30.3 Å². The van der Waals surface area contributed by atoms with Crippen molar-refractivity contribution in [1.82, 2.24) is 4.72 Å². The number of hydrogen-bond acceptors (Lipinski definition) is 5. The Kier molecular flexibility index (Phi) is 20.5. The normalized spacial score (nSPS) is 13.1. The summed E-state index contributed by atoms with van der Waals surface area (Å²) in [4.78, 5) is 11.9. The molecule has 0 saturated carbocycles. The molecule has 1 heterocycles. The lowest BCUT2D eigenvalue weighted by atomic mass is 9.96. The van der Waals surface area contributed by atoms with Crippen LogP contribution in [0.25, 0.3) is 16.0 Å². The molecule has 4 rings (SSSR count). The molecule has 2 N–H and O–H groups in total. The molecule has 6 nitrogen and oxygen atoms in total. The molecule has 45 heavy (non-hydrogen) atoms. The van der Waals surface area contributed by atoms with Gasteiger partial charge in [-0.25, -0.2) is 4.21 Å². The molecular weight excluding hydrogens is 582 g/mol. The molecule has 0 aromatic heterocycles. The quantitative estimate of drug-likeness (QED) is 0.244. The topological polar surface area (TPSA) is 84.9 Å². The fourth-order valence-electron chi connectivity index (χ4n) is 3.92. The molecule has 0 fully saturated rings. The lowest BCUT2D eigenvalue weighted by molar-refractivity contribution is -0.114. The summed E-state index contributed by atoms with van der Waals surface area (Å²) in [5.74, 6) is 1.18. The zero-order chi connectivity index (χ0) is 34.6. The Morgan fingerprint density at radius 2 is 1.42 bits per heavy atom. The Hall–Kier alpha value is -3.42. The molecule has 0 radical (unpaired) electrons. The van der Waals surface area contributed by atoms with Crippen LogP contribution < -0.4 is 14.2 Å². The highest BCUT2D eigenvalue weighted by atomic mass is 32.2. The van der Waals surface area contributed by atoms with Crippen LogP contribution in [0.3, 0.4) is 0 Å². The van der Waals surface area contributed by atoms with Crippen LogP contribution in [0.5, 0.6) is 11.5 Å². The maximum atomic E-state index is 11.9. The fraction of sp³-hybridized carbons (Fsp3) is 0.447. The van der Waals surface area contributed by atoms with Crippen molar-refractivity contribution in [1.29, 1.82) is 0 Å². The zero-order valence-corrected chi connectivity index (χ0v) is 30.5. The number of rotatable bonds is 9. The molecule has 0 spiro atoms. The summed E-state index contributed by atoms with van der Waals surface area (Å²) in [5.41, 5.74) is 5.40. The molecular formula is C38H57NO5S. The SMILES string of the molecule is CC.CC.CC.CCC.Cc1cc(-c2cccc(COc3ccc(C4=CC(=O)NS4=O)cc3)c2)c(C)cc1OCCC(C)(C)O. The summed E-state index contributed by atoms with van der Waals surface area (Å²) < 4.78 is 26.2. The summed E-state index contributed by atoms with van der Waals surface area (Å²) in [5, 5.41) is 9.91. The fourth-order valence-corrected chi connectivity index (χ4v) is 4.83. The van der Waals surface area contributed by atoms with Crippen LogP contribution in [0.2, 0.25) is 0 Å². The van der Waals surface area contributed by atoms with Gasteiger partial charge in [0.05, 0.1) is 17.1 Å². The van der Waals surface area contributed by atoms with Gasteiger partial charge in [-0.3, -0.25) is 9.52 Å². The summed E-state index contributed by atoms with van der Waals surface area (Å²) >= 11 is 0. The second-order valence-electron chi connectivity index (χ2n) is 10.3. The van der Waals surface area contributed by atoms with E-state index in [2.05, 4.69) is 49.8 Å². The van der Waals surface area contributed by atoms with Crippen molar-refractivity contribution in [3.63, 3.8) is 0 Å². The first-order valence-electron chi connectivity index (χ1n) is 16.2. The van der Waals surface area contributed by atoms with E-state index in [0.717, 1.165) is 39.1 Å². The highest BCUT2D eigenvalue weighted by molar-refractivity contribution is 7.93. The lowest BCUT2D eigenvalue weighted by Gasteiger charge is -2.19. The highest BCUT2D eigenvalue weighted by Crippen LogP contribution is 2.31. The predicted molar refractivity (Wildman–Crippen MR) is 193 cm³/mol. The predicted octanol–water partition coefficient (Wildman–Crippen LogP) is 9.72. The zero-order valence-electron chi connectivity index (χ0n) is 29.7. The van der Waals surface area contributed by atoms with Gasteiger partial charge in [-0.15, -0.1) is 0 Å². The summed E-state index contributed by atoms with van der Waals surface area (Å²) in [6.07, 6.45) is 3.17. The average molecular weight is 640 g/mol. The number of nitrogens with one attached hydrogen (secondary N) is 1. The van der Waals surface area contributed by atoms with Crippen molar-refractivity contribution in [2.75, 3.05) is 6.61 Å². The highest BCUT2D eigenvalue weighted by Gasteiger charge is 2.20. The minimum absolute atomic E-state index is 0.345. The third kappa shape index (κ3) is 14.5. The van der Waals surface area contributed by atoms with Crippen molar-refractivity contribution >= 4 is 21.8 Å². The molecule has 250 valence electrons. The van der Waals surface area contributed by atoms with Crippen LogP contribution in [0.15, 0.2) is 66.7 Å². The summed E-state index contributed by atoms with van der Waals surface area (Å²) in [6, 6.07) is 19.6. The van der Waals surface area contributed by atoms with Crippen molar-refractivity contribution in [3.05, 3.63) is 89.0 Å². The molecule has 1 aliphatic heterocycles. The van der Waals surface area contributed by atoms with Crippen molar-refractivity contribution in [2.24, 2.45) is 0 Å². The molecule has 0 aliphatic carbocycles. The summed E-state index contributed by atoms with van der Waals surface area (Å²) in [7, 11) is -1.51. The van der Waals surface area contributed by atoms with Crippen LogP contribution >= 0.6 is 0 Å². The van der Waals surface area contributed by atoms with Gasteiger partial charge in [-0.05, 0) is 91.4 Å². The van der Waals surface area contributed by atoms with Crippen molar-refractivity contribution in [3.8, 4) is 22.6 Å². The maximum Gasteiger partial charge on any atom is 0.257 e. The number of benzene rings is 3. The number of aryl methyl sites for hydroxylation is 2. The number of amides is 1. The van der Waals surface area contributed by atoms with E-state index in [4.69, 9.17) is 9.47 Å². The molecule has 0 bridgehead atoms. The first-order chi connectivity index (χ1) is 21.5. The van der Waals surface area contributed by atoms with Crippen molar-refractivity contribution in [2.45, 2.75) is 108 Å². The minimum Gasteiger partial charge on any atom is -0.493 e. The molecule has 3 aromatic rings. The molecule has 0 saturated heterocycles. The van der Waals surface area contributed by atoms with Gasteiger partial charge >= 0.3 is 0 Å². The van der Waals surface area contributed by atoms with Gasteiger partial charge in [0.15, 0.2) is 11.0 Å². The van der Waals surface area contributed by atoms with E-state index in [9.17, 15) is 14.1 Å². The second-order valence-corrected chi connectivity index (χ2v) is 11.5. The molecule has 3 aromatic carbocycles. The standard InChI is InChI=1S/C29H31NO5S.C3H8.3C2H6/c1-19-15-26(34-13-12-29(3,4)32)20(2)14-25(19)23-7-5-6-21(16-23)18-35-24-10-8-22(9-11-24)27-17-28(31)30-36(27)33;1-3-2;3*1-2/h5-11,14-17,32H,12-13,18H2,1-4H3,(H,30,31);3H2,1-2H3;3*1-2H3. The Balaban J connectivity index is 0.00000196. The van der Waals surface area contributed by atoms with E-state index in [1.807, 2.05) is 72.7 Å². The molecule has 1 aliphatic rings. The third-order valence-electron chi connectivity index (χ3n) is 5.93. The first-order valence-corrected chi connectivity index (χ1v) is 17.4. The smallest absolute Gasteiger partial charge is 0.257 e. The van der Waals surface area contributed by atoms with E-state index >= 15 is 0 Å². The first kappa shape index (κ1) is 41.6. The van der Waals surface area contributed by atoms with Gasteiger partial charge < -0.3 is 14.6 Å². The van der Waals surface area contributed by atoms with Crippen LogP contribution in [0.1, 0.15) is 104 Å². The van der Waals surface area contributed by atoms with Crippen LogP contribution in [-0.2, 0) is 22.4 Å². The van der Waals surface area contributed by atoms with Crippen molar-refractivity contribution < 1.29 is 23.6 Å². The Labute approximate surface area is 275 Å². The van der Waals surface area contributed by atoms with Gasteiger partial charge in [0, 0.05) is 12.5 Å². The number of ether oxygens (including phenoxy) is 2. The van der Waals surface area contributed by atoms with E-state index in [-0.39, 0.29) is 5.91 Å². The molecule has 1 amide bonds. The van der Waals surface area contributed by atoms with Crippen LogP contribution in [-0.4, -0.2) is 27.4 Å². The van der Waals surface area contributed by atoms with E-state index in [1.54, 1.807) is 26.0 Å². The van der Waals surface area contributed by atoms with Gasteiger partial charge in [0.1, 0.15) is 18.1 Å². The average Bonchev–Trinajstić information content (AvgIpc) is 3.38. The van der Waals surface area contributed by atoms with Gasteiger partial charge in [0.2, 0.25) is 0 Å². The Morgan fingerprint density at radius 1 is 0.822 bits per heavy atom.